The Labute approximate surface area is 64.2 Å². The van der Waals surface area contributed by atoms with Crippen LogP contribution < -0.4 is 0 Å². The van der Waals surface area contributed by atoms with E-state index in [9.17, 15) is 14.4 Å². The highest BCUT2D eigenvalue weighted by atomic mass is 16.2. The van der Waals surface area contributed by atoms with Crippen molar-refractivity contribution in [3.8, 4) is 0 Å². The molecule has 0 saturated carbocycles. The van der Waals surface area contributed by atoms with Gasteiger partial charge in [-0.1, -0.05) is 0 Å². The first-order valence-electron chi connectivity index (χ1n) is 3.47. The van der Waals surface area contributed by atoms with E-state index in [1.807, 2.05) is 0 Å². The van der Waals surface area contributed by atoms with Crippen molar-refractivity contribution in [3.05, 3.63) is 0 Å². The molecule has 60 valence electrons. The van der Waals surface area contributed by atoms with E-state index in [4.69, 9.17) is 0 Å². The van der Waals surface area contributed by atoms with E-state index >= 15 is 0 Å². The van der Waals surface area contributed by atoms with Crippen molar-refractivity contribution < 1.29 is 14.4 Å². The van der Waals surface area contributed by atoms with Crippen molar-refractivity contribution >= 4 is 18.1 Å². The van der Waals surface area contributed by atoms with E-state index in [0.717, 1.165) is 4.90 Å². The third-order valence-electron chi connectivity index (χ3n) is 1.69. The second kappa shape index (κ2) is 2.82. The Balaban J connectivity index is 2.75. The molecule has 1 rings (SSSR count). The summed E-state index contributed by atoms with van der Waals surface area (Å²) in [6, 6.07) is -0.600. The standard InChI is InChI=1S/C7H9NO3/c1-5(4-9)8-6(10)2-3-7(8)11/h4-5H,2-3H2,1H3. The van der Waals surface area contributed by atoms with E-state index in [2.05, 4.69) is 0 Å². The lowest BCUT2D eigenvalue weighted by molar-refractivity contribution is -0.142. The Bertz CT molecular complexity index is 196. The molecular weight excluding hydrogens is 146 g/mol. The number of carbonyl (C=O) groups is 3. The molecule has 0 aromatic heterocycles. The first-order chi connectivity index (χ1) is 5.16. The highest BCUT2D eigenvalue weighted by molar-refractivity contribution is 6.03. The molecule has 4 nitrogen and oxygen atoms in total. The summed E-state index contributed by atoms with van der Waals surface area (Å²) in [6.45, 7) is 1.54. The number of imide groups is 1. The molecule has 0 aromatic carbocycles. The van der Waals surface area contributed by atoms with Crippen LogP contribution in [0.4, 0.5) is 0 Å². The smallest absolute Gasteiger partial charge is 0.230 e. The minimum Gasteiger partial charge on any atom is -0.301 e. The van der Waals surface area contributed by atoms with E-state index in [0.29, 0.717) is 6.29 Å². The summed E-state index contributed by atoms with van der Waals surface area (Å²) in [4.78, 5) is 33.1. The number of hydrogen-bond acceptors (Lipinski definition) is 3. The minimum absolute atomic E-state index is 0.241. The van der Waals surface area contributed by atoms with Crippen LogP contribution in [0.3, 0.4) is 0 Å². The number of amides is 2. The quantitative estimate of drug-likeness (QED) is 0.407. The summed E-state index contributed by atoms with van der Waals surface area (Å²) in [5.41, 5.74) is 0. The molecule has 1 atom stereocenters. The predicted octanol–water partition coefficient (Wildman–Crippen LogP) is -0.277. The second-order valence-corrected chi connectivity index (χ2v) is 2.53. The van der Waals surface area contributed by atoms with Crippen LogP contribution in [-0.4, -0.2) is 29.0 Å². The van der Waals surface area contributed by atoms with Gasteiger partial charge < -0.3 is 4.79 Å². The lowest BCUT2D eigenvalue weighted by Crippen LogP contribution is -2.38. The van der Waals surface area contributed by atoms with Gasteiger partial charge in [0, 0.05) is 12.8 Å². The van der Waals surface area contributed by atoms with Crippen LogP contribution in [0.15, 0.2) is 0 Å². The molecule has 0 aromatic rings. The van der Waals surface area contributed by atoms with Crippen molar-refractivity contribution in [2.45, 2.75) is 25.8 Å². The Morgan fingerprint density at radius 3 is 2.18 bits per heavy atom. The molecule has 0 radical (unpaired) electrons. The fourth-order valence-electron chi connectivity index (χ4n) is 1.11. The molecule has 1 unspecified atom stereocenters. The minimum atomic E-state index is -0.600. The molecule has 0 N–H and O–H groups in total. The first-order valence-corrected chi connectivity index (χ1v) is 3.47. The maximum atomic E-state index is 10.9. The highest BCUT2D eigenvalue weighted by Crippen LogP contribution is 2.13. The number of likely N-dealkylation sites (tertiary alicyclic amines) is 1. The van der Waals surface area contributed by atoms with Crippen LogP contribution in [-0.2, 0) is 14.4 Å². The monoisotopic (exact) mass is 155 g/mol. The lowest BCUT2D eigenvalue weighted by Gasteiger charge is -2.16. The Morgan fingerprint density at radius 1 is 1.36 bits per heavy atom. The van der Waals surface area contributed by atoms with E-state index in [1.165, 1.54) is 6.92 Å². The van der Waals surface area contributed by atoms with Gasteiger partial charge in [-0.15, -0.1) is 0 Å². The van der Waals surface area contributed by atoms with Gasteiger partial charge in [0.05, 0.1) is 6.04 Å². The maximum Gasteiger partial charge on any atom is 0.230 e. The van der Waals surface area contributed by atoms with Gasteiger partial charge in [-0.25, -0.2) is 0 Å². The van der Waals surface area contributed by atoms with Gasteiger partial charge in [-0.2, -0.15) is 0 Å². The molecule has 0 spiro atoms. The van der Waals surface area contributed by atoms with Crippen molar-refractivity contribution in [3.63, 3.8) is 0 Å². The fraction of sp³-hybridized carbons (Fsp3) is 0.571. The summed E-state index contributed by atoms with van der Waals surface area (Å²) >= 11 is 0. The second-order valence-electron chi connectivity index (χ2n) is 2.53. The third-order valence-corrected chi connectivity index (χ3v) is 1.69. The number of hydrogen-bond donors (Lipinski definition) is 0. The van der Waals surface area contributed by atoms with Crippen LogP contribution >= 0.6 is 0 Å². The largest absolute Gasteiger partial charge is 0.301 e. The topological polar surface area (TPSA) is 54.5 Å². The lowest BCUT2D eigenvalue weighted by atomic mass is 10.3. The predicted molar refractivity (Wildman–Crippen MR) is 36.6 cm³/mol. The number of aldehydes is 1. The normalized spacial score (nSPS) is 20.6. The van der Waals surface area contributed by atoms with Gasteiger partial charge in [0.1, 0.15) is 6.29 Å². The number of rotatable bonds is 2. The van der Waals surface area contributed by atoms with Gasteiger partial charge >= 0.3 is 0 Å². The fourth-order valence-corrected chi connectivity index (χ4v) is 1.11. The van der Waals surface area contributed by atoms with Gasteiger partial charge in [0.2, 0.25) is 11.8 Å². The molecule has 11 heavy (non-hydrogen) atoms. The summed E-state index contributed by atoms with van der Waals surface area (Å²) in [7, 11) is 0. The van der Waals surface area contributed by atoms with Crippen molar-refractivity contribution in [2.75, 3.05) is 0 Å². The van der Waals surface area contributed by atoms with Crippen LogP contribution in [0.2, 0.25) is 0 Å². The summed E-state index contributed by atoms with van der Waals surface area (Å²) in [5, 5.41) is 0. The molecule has 1 aliphatic rings. The van der Waals surface area contributed by atoms with Crippen LogP contribution in [0.25, 0.3) is 0 Å². The van der Waals surface area contributed by atoms with Crippen LogP contribution in [0.1, 0.15) is 19.8 Å². The van der Waals surface area contributed by atoms with Gasteiger partial charge in [0.25, 0.3) is 0 Å². The zero-order valence-electron chi connectivity index (χ0n) is 6.24. The molecule has 1 heterocycles. The Hall–Kier alpha value is -1.19. The average molecular weight is 155 g/mol. The molecule has 2 amide bonds. The molecule has 4 heteroatoms. The zero-order valence-corrected chi connectivity index (χ0v) is 6.24. The third kappa shape index (κ3) is 1.29. The van der Waals surface area contributed by atoms with Crippen molar-refractivity contribution in [1.29, 1.82) is 0 Å². The Morgan fingerprint density at radius 2 is 1.82 bits per heavy atom. The first kappa shape index (κ1) is 7.91. The zero-order chi connectivity index (χ0) is 8.43. The molecule has 1 fully saturated rings. The summed E-state index contributed by atoms with van der Waals surface area (Å²) in [5.74, 6) is -0.482. The number of nitrogens with zero attached hydrogens (tertiary/aromatic N) is 1. The number of carbonyl (C=O) groups excluding carboxylic acids is 3. The van der Waals surface area contributed by atoms with Crippen molar-refractivity contribution in [1.82, 2.24) is 4.90 Å². The van der Waals surface area contributed by atoms with Crippen LogP contribution in [0.5, 0.6) is 0 Å². The van der Waals surface area contributed by atoms with E-state index in [1.54, 1.807) is 0 Å². The summed E-state index contributed by atoms with van der Waals surface area (Å²) < 4.78 is 0. The van der Waals surface area contributed by atoms with Crippen LogP contribution in [0, 0.1) is 0 Å². The molecule has 1 saturated heterocycles. The highest BCUT2D eigenvalue weighted by Gasteiger charge is 2.32. The van der Waals surface area contributed by atoms with Gasteiger partial charge in [0.15, 0.2) is 0 Å². The molecular formula is C7H9NO3. The molecule has 0 bridgehead atoms. The van der Waals surface area contributed by atoms with E-state index in [-0.39, 0.29) is 24.7 Å². The maximum absolute atomic E-state index is 10.9. The van der Waals surface area contributed by atoms with E-state index < -0.39 is 6.04 Å². The average Bonchev–Trinajstić information content (AvgIpc) is 2.30. The van der Waals surface area contributed by atoms with Crippen molar-refractivity contribution in [2.24, 2.45) is 0 Å². The van der Waals surface area contributed by atoms with Gasteiger partial charge in [-0.05, 0) is 6.92 Å². The molecule has 0 aliphatic carbocycles. The summed E-state index contributed by atoms with van der Waals surface area (Å²) in [6.07, 6.45) is 1.09. The van der Waals surface area contributed by atoms with Gasteiger partial charge in [-0.3, -0.25) is 14.5 Å². The Kier molecular flexibility index (Phi) is 2.03. The SMILES string of the molecule is CC(C=O)N1C(=O)CCC1=O. The molecule has 1 aliphatic heterocycles.